The van der Waals surface area contributed by atoms with Crippen LogP contribution in [0.1, 0.15) is 18.4 Å². The van der Waals surface area contributed by atoms with Crippen molar-refractivity contribution < 1.29 is 4.79 Å². The predicted octanol–water partition coefficient (Wildman–Crippen LogP) is 1.67. The molecule has 1 saturated carbocycles. The van der Waals surface area contributed by atoms with E-state index in [-0.39, 0.29) is 11.9 Å². The maximum atomic E-state index is 11.2. The Morgan fingerprint density at radius 3 is 2.80 bits per heavy atom. The van der Waals surface area contributed by atoms with Crippen molar-refractivity contribution in [3.8, 4) is 0 Å². The van der Waals surface area contributed by atoms with Crippen molar-refractivity contribution in [3.05, 3.63) is 29.8 Å². The third kappa shape index (κ3) is 2.49. The van der Waals surface area contributed by atoms with E-state index < -0.39 is 0 Å². The van der Waals surface area contributed by atoms with Gasteiger partial charge in [-0.1, -0.05) is 12.1 Å². The maximum absolute atomic E-state index is 11.2. The van der Waals surface area contributed by atoms with Crippen LogP contribution >= 0.6 is 0 Å². The number of aryl methyl sites for hydroxylation is 1. The Morgan fingerprint density at radius 2 is 2.27 bits per heavy atom. The molecular weight excluding hydrogens is 188 g/mol. The highest BCUT2D eigenvalue weighted by molar-refractivity contribution is 5.83. The van der Waals surface area contributed by atoms with Crippen LogP contribution in [0.15, 0.2) is 24.3 Å². The van der Waals surface area contributed by atoms with E-state index in [0.29, 0.717) is 5.92 Å². The fourth-order valence-corrected chi connectivity index (χ4v) is 1.77. The summed E-state index contributed by atoms with van der Waals surface area (Å²) in [6.45, 7) is 2.03. The minimum absolute atomic E-state index is 0.202. The summed E-state index contributed by atoms with van der Waals surface area (Å²) in [4.78, 5) is 11.2. The van der Waals surface area contributed by atoms with Crippen molar-refractivity contribution in [2.75, 3.05) is 5.32 Å². The molecule has 1 amide bonds. The van der Waals surface area contributed by atoms with Crippen molar-refractivity contribution in [1.29, 1.82) is 0 Å². The lowest BCUT2D eigenvalue weighted by Crippen LogP contribution is -2.37. The van der Waals surface area contributed by atoms with Crippen LogP contribution in [-0.2, 0) is 4.79 Å². The van der Waals surface area contributed by atoms with Gasteiger partial charge in [-0.2, -0.15) is 0 Å². The molecule has 0 radical (unpaired) electrons. The van der Waals surface area contributed by atoms with Gasteiger partial charge in [-0.25, -0.2) is 0 Å². The zero-order valence-corrected chi connectivity index (χ0v) is 8.86. The number of hydrogen-bond acceptors (Lipinski definition) is 2. The Balaban J connectivity index is 2.08. The number of anilines is 1. The molecule has 1 aromatic rings. The topological polar surface area (TPSA) is 55.1 Å². The number of benzene rings is 1. The van der Waals surface area contributed by atoms with E-state index in [9.17, 15) is 4.79 Å². The lowest BCUT2D eigenvalue weighted by molar-refractivity contribution is -0.119. The molecule has 0 heterocycles. The summed E-state index contributed by atoms with van der Waals surface area (Å²) in [6.07, 6.45) is 2.21. The van der Waals surface area contributed by atoms with Gasteiger partial charge in [-0.15, -0.1) is 0 Å². The van der Waals surface area contributed by atoms with Crippen LogP contribution in [0.3, 0.4) is 0 Å². The van der Waals surface area contributed by atoms with E-state index in [4.69, 9.17) is 5.73 Å². The van der Waals surface area contributed by atoms with Gasteiger partial charge in [0.15, 0.2) is 0 Å². The first-order chi connectivity index (χ1) is 7.16. The molecule has 1 fully saturated rings. The zero-order valence-electron chi connectivity index (χ0n) is 8.86. The van der Waals surface area contributed by atoms with Crippen LogP contribution in [0.2, 0.25) is 0 Å². The van der Waals surface area contributed by atoms with Crippen LogP contribution in [0.4, 0.5) is 5.69 Å². The lowest BCUT2D eigenvalue weighted by Gasteiger charge is -2.16. The van der Waals surface area contributed by atoms with Crippen molar-refractivity contribution >= 4 is 11.6 Å². The lowest BCUT2D eigenvalue weighted by atomic mass is 10.1. The minimum atomic E-state index is -0.251. The SMILES string of the molecule is Cc1cccc(NC(C(N)=O)C2CC2)c1. The van der Waals surface area contributed by atoms with E-state index in [1.54, 1.807) is 0 Å². The Labute approximate surface area is 89.7 Å². The molecule has 1 aromatic carbocycles. The van der Waals surface area contributed by atoms with Gasteiger partial charge in [0.1, 0.15) is 6.04 Å². The summed E-state index contributed by atoms with van der Waals surface area (Å²) in [5.74, 6) is 0.182. The fraction of sp³-hybridized carbons (Fsp3) is 0.417. The Hall–Kier alpha value is -1.51. The number of amides is 1. The Kier molecular flexibility index (Phi) is 2.62. The molecule has 2 rings (SSSR count). The fourth-order valence-electron chi connectivity index (χ4n) is 1.77. The number of rotatable bonds is 4. The number of carbonyl (C=O) groups excluding carboxylic acids is 1. The van der Waals surface area contributed by atoms with E-state index >= 15 is 0 Å². The second-order valence-corrected chi connectivity index (χ2v) is 4.23. The zero-order chi connectivity index (χ0) is 10.8. The second-order valence-electron chi connectivity index (χ2n) is 4.23. The van der Waals surface area contributed by atoms with Gasteiger partial charge in [0.05, 0.1) is 0 Å². The van der Waals surface area contributed by atoms with Gasteiger partial charge < -0.3 is 11.1 Å². The highest BCUT2D eigenvalue weighted by Crippen LogP contribution is 2.34. The highest BCUT2D eigenvalue weighted by atomic mass is 16.1. The summed E-state index contributed by atoms with van der Waals surface area (Å²) < 4.78 is 0. The van der Waals surface area contributed by atoms with Crippen LogP contribution in [0.25, 0.3) is 0 Å². The highest BCUT2D eigenvalue weighted by Gasteiger charge is 2.34. The molecule has 0 bridgehead atoms. The summed E-state index contributed by atoms with van der Waals surface area (Å²) in [7, 11) is 0. The van der Waals surface area contributed by atoms with Crippen molar-refractivity contribution in [2.45, 2.75) is 25.8 Å². The van der Waals surface area contributed by atoms with Crippen molar-refractivity contribution in [2.24, 2.45) is 11.7 Å². The first-order valence-electron chi connectivity index (χ1n) is 5.29. The average molecular weight is 204 g/mol. The molecule has 0 spiro atoms. The molecule has 3 N–H and O–H groups in total. The molecule has 1 aliphatic carbocycles. The summed E-state index contributed by atoms with van der Waals surface area (Å²) in [6, 6.07) is 7.79. The van der Waals surface area contributed by atoms with Crippen LogP contribution in [-0.4, -0.2) is 11.9 Å². The van der Waals surface area contributed by atoms with Crippen molar-refractivity contribution in [1.82, 2.24) is 0 Å². The third-order valence-corrected chi connectivity index (χ3v) is 2.74. The van der Waals surface area contributed by atoms with E-state index in [1.807, 2.05) is 31.2 Å². The van der Waals surface area contributed by atoms with Gasteiger partial charge in [0, 0.05) is 5.69 Å². The molecular formula is C12H16N2O. The Bertz CT molecular complexity index is 372. The molecule has 3 heteroatoms. The van der Waals surface area contributed by atoms with E-state index in [1.165, 1.54) is 5.56 Å². The molecule has 15 heavy (non-hydrogen) atoms. The number of nitrogens with one attached hydrogen (secondary N) is 1. The molecule has 80 valence electrons. The van der Waals surface area contributed by atoms with Gasteiger partial charge in [-0.05, 0) is 43.4 Å². The van der Waals surface area contributed by atoms with E-state index in [0.717, 1.165) is 18.5 Å². The number of nitrogens with two attached hydrogens (primary N) is 1. The maximum Gasteiger partial charge on any atom is 0.240 e. The first kappa shape index (κ1) is 10.0. The average Bonchev–Trinajstić information content (AvgIpc) is 2.97. The molecule has 0 aromatic heterocycles. The normalized spacial score (nSPS) is 17.1. The van der Waals surface area contributed by atoms with Crippen LogP contribution in [0, 0.1) is 12.8 Å². The van der Waals surface area contributed by atoms with Gasteiger partial charge >= 0.3 is 0 Å². The van der Waals surface area contributed by atoms with Crippen molar-refractivity contribution in [3.63, 3.8) is 0 Å². The largest absolute Gasteiger partial charge is 0.373 e. The summed E-state index contributed by atoms with van der Waals surface area (Å²) in [5, 5.41) is 3.21. The quantitative estimate of drug-likeness (QED) is 0.783. The summed E-state index contributed by atoms with van der Waals surface area (Å²) >= 11 is 0. The predicted molar refractivity (Wildman–Crippen MR) is 60.5 cm³/mol. The number of hydrogen-bond donors (Lipinski definition) is 2. The smallest absolute Gasteiger partial charge is 0.240 e. The van der Waals surface area contributed by atoms with E-state index in [2.05, 4.69) is 5.32 Å². The minimum Gasteiger partial charge on any atom is -0.373 e. The monoisotopic (exact) mass is 204 g/mol. The molecule has 1 unspecified atom stereocenters. The molecule has 3 nitrogen and oxygen atoms in total. The molecule has 0 saturated heterocycles. The standard InChI is InChI=1S/C12H16N2O/c1-8-3-2-4-10(7-8)14-11(12(13)15)9-5-6-9/h2-4,7,9,11,14H,5-6H2,1H3,(H2,13,15). The van der Waals surface area contributed by atoms with Gasteiger partial charge in [0.2, 0.25) is 5.91 Å². The Morgan fingerprint density at radius 1 is 1.53 bits per heavy atom. The van der Waals surface area contributed by atoms with Crippen LogP contribution < -0.4 is 11.1 Å². The van der Waals surface area contributed by atoms with Gasteiger partial charge in [0.25, 0.3) is 0 Å². The number of carbonyl (C=O) groups is 1. The summed E-state index contributed by atoms with van der Waals surface area (Å²) in [5.41, 5.74) is 7.52. The van der Waals surface area contributed by atoms with Gasteiger partial charge in [-0.3, -0.25) is 4.79 Å². The molecule has 0 aliphatic heterocycles. The first-order valence-corrected chi connectivity index (χ1v) is 5.29. The third-order valence-electron chi connectivity index (χ3n) is 2.74. The second kappa shape index (κ2) is 3.93. The van der Waals surface area contributed by atoms with Crippen LogP contribution in [0.5, 0.6) is 0 Å². The molecule has 1 aliphatic rings. The molecule has 1 atom stereocenters. The number of primary amides is 1.